The van der Waals surface area contributed by atoms with Crippen LogP contribution in [0.25, 0.3) is 0 Å². The van der Waals surface area contributed by atoms with E-state index < -0.39 is 0 Å². The highest BCUT2D eigenvalue weighted by Gasteiger charge is 2.03. The van der Waals surface area contributed by atoms with E-state index in [1.165, 1.54) is 0 Å². The van der Waals surface area contributed by atoms with Gasteiger partial charge in [0.1, 0.15) is 4.99 Å². The molecule has 0 radical (unpaired) electrons. The van der Waals surface area contributed by atoms with Gasteiger partial charge < -0.3 is 0 Å². The van der Waals surface area contributed by atoms with Crippen LogP contribution in [-0.2, 0) is 0 Å². The minimum Gasteiger partial charge on any atom is -0.267 e. The van der Waals surface area contributed by atoms with Gasteiger partial charge in [0.05, 0.1) is 6.21 Å². The lowest BCUT2D eigenvalue weighted by Crippen LogP contribution is -2.08. The van der Waals surface area contributed by atoms with Crippen LogP contribution in [0.15, 0.2) is 16.8 Å². The number of thiocarbonyl (C=S) groups is 1. The van der Waals surface area contributed by atoms with E-state index in [2.05, 4.69) is 10.5 Å². The van der Waals surface area contributed by atoms with Gasteiger partial charge in [0.15, 0.2) is 0 Å². The molecule has 0 saturated carbocycles. The molecule has 1 heterocycles. The lowest BCUT2D eigenvalue weighted by Gasteiger charge is -1.87. The number of hydrogen-bond acceptors (Lipinski definition) is 2. The maximum atomic E-state index is 4.84. The summed E-state index contributed by atoms with van der Waals surface area (Å²) in [5.41, 5.74) is 3.65. The number of allylic oxidation sites excluding steroid dienone is 1. The number of hydrazone groups is 1. The Labute approximate surface area is 53.3 Å². The van der Waals surface area contributed by atoms with Crippen molar-refractivity contribution in [3.63, 3.8) is 0 Å². The van der Waals surface area contributed by atoms with Crippen LogP contribution in [0.3, 0.4) is 0 Å². The predicted octanol–water partition coefficient (Wildman–Crippen LogP) is 0.849. The summed E-state index contributed by atoms with van der Waals surface area (Å²) in [4.78, 5) is 0.715. The highest BCUT2D eigenvalue weighted by Crippen LogP contribution is 1.97. The van der Waals surface area contributed by atoms with Crippen molar-refractivity contribution in [2.45, 2.75) is 6.92 Å². The first-order chi connectivity index (χ1) is 3.84. The molecule has 0 aliphatic carbocycles. The monoisotopic (exact) mass is 126 g/mol. The van der Waals surface area contributed by atoms with Crippen LogP contribution < -0.4 is 5.43 Å². The molecular formula is C5H6N2S. The Balaban J connectivity index is 2.82. The zero-order valence-electron chi connectivity index (χ0n) is 4.51. The van der Waals surface area contributed by atoms with E-state index in [1.807, 2.05) is 13.0 Å². The summed E-state index contributed by atoms with van der Waals surface area (Å²) in [7, 11) is 0. The van der Waals surface area contributed by atoms with E-state index in [-0.39, 0.29) is 0 Å². The molecule has 2 nitrogen and oxygen atoms in total. The fourth-order valence-electron chi connectivity index (χ4n) is 0.489. The van der Waals surface area contributed by atoms with Gasteiger partial charge in [-0.3, -0.25) is 5.43 Å². The van der Waals surface area contributed by atoms with Gasteiger partial charge in [0.25, 0.3) is 0 Å². The molecule has 1 aliphatic rings. The van der Waals surface area contributed by atoms with E-state index in [4.69, 9.17) is 12.2 Å². The van der Waals surface area contributed by atoms with Gasteiger partial charge in [-0.05, 0) is 6.92 Å². The lowest BCUT2D eigenvalue weighted by molar-refractivity contribution is 1.08. The lowest BCUT2D eigenvalue weighted by atomic mass is 10.3. The first-order valence-electron chi connectivity index (χ1n) is 2.34. The van der Waals surface area contributed by atoms with E-state index in [0.717, 1.165) is 5.57 Å². The summed E-state index contributed by atoms with van der Waals surface area (Å²) >= 11 is 4.84. The standard InChI is InChI=1S/C5H6N2S/c1-2-4-3-6-7-5(4)8/h2-3H,1H3,(H,7,8)/b4-2+. The Hall–Kier alpha value is -0.700. The SMILES string of the molecule is C/C=C1\C=NNC1=S. The molecule has 0 unspecified atom stereocenters. The Bertz CT molecular complexity index is 169. The second-order valence-electron chi connectivity index (χ2n) is 1.44. The summed E-state index contributed by atoms with van der Waals surface area (Å²) in [6.07, 6.45) is 3.63. The van der Waals surface area contributed by atoms with Gasteiger partial charge in [-0.1, -0.05) is 18.3 Å². The highest BCUT2D eigenvalue weighted by atomic mass is 32.1. The molecule has 0 atom stereocenters. The van der Waals surface area contributed by atoms with Gasteiger partial charge in [-0.25, -0.2) is 0 Å². The van der Waals surface area contributed by atoms with Gasteiger partial charge in [0, 0.05) is 5.57 Å². The van der Waals surface area contributed by atoms with Crippen LogP contribution in [-0.4, -0.2) is 11.2 Å². The summed E-state index contributed by atoms with van der Waals surface area (Å²) in [5, 5.41) is 3.73. The Morgan fingerprint density at radius 1 is 1.88 bits per heavy atom. The van der Waals surface area contributed by atoms with Crippen molar-refractivity contribution in [1.29, 1.82) is 0 Å². The zero-order valence-corrected chi connectivity index (χ0v) is 5.33. The van der Waals surface area contributed by atoms with Crippen molar-refractivity contribution >= 4 is 23.4 Å². The molecule has 8 heavy (non-hydrogen) atoms. The maximum Gasteiger partial charge on any atom is 0.128 e. The summed E-state index contributed by atoms with van der Waals surface area (Å²) in [6, 6.07) is 0. The molecule has 42 valence electrons. The Kier molecular flexibility index (Phi) is 1.39. The second-order valence-corrected chi connectivity index (χ2v) is 1.85. The van der Waals surface area contributed by atoms with Crippen molar-refractivity contribution < 1.29 is 0 Å². The van der Waals surface area contributed by atoms with Crippen molar-refractivity contribution in [3.8, 4) is 0 Å². The summed E-state index contributed by atoms with van der Waals surface area (Å²) in [6.45, 7) is 1.93. The van der Waals surface area contributed by atoms with Gasteiger partial charge in [0.2, 0.25) is 0 Å². The predicted molar refractivity (Wildman–Crippen MR) is 38.0 cm³/mol. The maximum absolute atomic E-state index is 4.84. The van der Waals surface area contributed by atoms with Crippen molar-refractivity contribution in [1.82, 2.24) is 5.43 Å². The molecule has 3 heteroatoms. The largest absolute Gasteiger partial charge is 0.267 e. The van der Waals surface area contributed by atoms with Crippen molar-refractivity contribution in [2.75, 3.05) is 0 Å². The number of hydrogen-bond donors (Lipinski definition) is 1. The molecule has 0 bridgehead atoms. The van der Waals surface area contributed by atoms with Gasteiger partial charge in [-0.2, -0.15) is 5.10 Å². The molecule has 0 fully saturated rings. The number of rotatable bonds is 0. The third-order valence-electron chi connectivity index (χ3n) is 0.943. The van der Waals surface area contributed by atoms with Crippen LogP contribution >= 0.6 is 12.2 Å². The molecule has 0 amide bonds. The van der Waals surface area contributed by atoms with Crippen LogP contribution in [0.2, 0.25) is 0 Å². The van der Waals surface area contributed by atoms with Crippen LogP contribution in [0, 0.1) is 0 Å². The third kappa shape index (κ3) is 0.767. The number of nitrogens with zero attached hydrogens (tertiary/aromatic N) is 1. The quantitative estimate of drug-likeness (QED) is 0.384. The topological polar surface area (TPSA) is 24.4 Å². The molecule has 0 aromatic heterocycles. The molecule has 1 N–H and O–H groups in total. The molecule has 0 saturated heterocycles. The minimum absolute atomic E-state index is 0.715. The normalized spacial score (nSPS) is 22.1. The molecular weight excluding hydrogens is 120 g/mol. The van der Waals surface area contributed by atoms with Crippen molar-refractivity contribution in [2.24, 2.45) is 5.10 Å². The van der Waals surface area contributed by atoms with Crippen molar-refractivity contribution in [3.05, 3.63) is 11.6 Å². The third-order valence-corrected chi connectivity index (χ3v) is 1.27. The van der Waals surface area contributed by atoms with E-state index >= 15 is 0 Å². The molecule has 0 spiro atoms. The van der Waals surface area contributed by atoms with E-state index in [0.29, 0.717) is 4.99 Å². The minimum atomic E-state index is 0.715. The molecule has 0 aromatic rings. The van der Waals surface area contributed by atoms with Crippen LogP contribution in [0.5, 0.6) is 0 Å². The Morgan fingerprint density at radius 2 is 2.62 bits per heavy atom. The molecule has 1 aliphatic heterocycles. The second kappa shape index (κ2) is 2.05. The Morgan fingerprint density at radius 3 is 2.88 bits per heavy atom. The fourth-order valence-corrected chi connectivity index (χ4v) is 0.713. The number of nitrogens with one attached hydrogen (secondary N) is 1. The first-order valence-corrected chi connectivity index (χ1v) is 2.75. The molecule has 0 aromatic carbocycles. The average molecular weight is 126 g/mol. The summed E-state index contributed by atoms with van der Waals surface area (Å²) in [5.74, 6) is 0. The highest BCUT2D eigenvalue weighted by molar-refractivity contribution is 7.80. The smallest absolute Gasteiger partial charge is 0.128 e. The molecule has 1 rings (SSSR count). The zero-order chi connectivity index (χ0) is 5.98. The van der Waals surface area contributed by atoms with E-state index in [1.54, 1.807) is 6.21 Å². The van der Waals surface area contributed by atoms with E-state index in [9.17, 15) is 0 Å². The van der Waals surface area contributed by atoms with Crippen LogP contribution in [0.1, 0.15) is 6.92 Å². The average Bonchev–Trinajstić information content (AvgIpc) is 2.14. The summed E-state index contributed by atoms with van der Waals surface area (Å²) < 4.78 is 0. The first kappa shape index (κ1) is 5.44. The van der Waals surface area contributed by atoms with Crippen LogP contribution in [0.4, 0.5) is 0 Å². The van der Waals surface area contributed by atoms with Gasteiger partial charge in [-0.15, -0.1) is 0 Å². The fraction of sp³-hybridized carbons (Fsp3) is 0.200. The van der Waals surface area contributed by atoms with Gasteiger partial charge >= 0.3 is 0 Å².